The van der Waals surface area contributed by atoms with Crippen LogP contribution < -0.4 is 10.6 Å². The van der Waals surface area contributed by atoms with Gasteiger partial charge in [-0.1, -0.05) is 23.7 Å². The molecule has 0 bridgehead atoms. The third-order valence-corrected chi connectivity index (χ3v) is 6.23. The summed E-state index contributed by atoms with van der Waals surface area (Å²) < 4.78 is 25.5. The lowest BCUT2D eigenvalue weighted by Gasteiger charge is -2.09. The molecule has 2 amide bonds. The zero-order chi connectivity index (χ0) is 20.1. The van der Waals surface area contributed by atoms with Crippen LogP contribution in [0.25, 0.3) is 0 Å². The number of aryl methyl sites for hydroxylation is 1. The van der Waals surface area contributed by atoms with Gasteiger partial charge >= 0.3 is 6.03 Å². The maximum absolute atomic E-state index is 12.7. The minimum atomic E-state index is -3.69. The van der Waals surface area contributed by atoms with Gasteiger partial charge in [0.15, 0.2) is 0 Å². The summed E-state index contributed by atoms with van der Waals surface area (Å²) in [5, 5.41) is 5.76. The number of nitrogens with zero attached hydrogens (tertiary/aromatic N) is 1. The van der Waals surface area contributed by atoms with Crippen LogP contribution in [0.5, 0.6) is 0 Å². The Labute approximate surface area is 168 Å². The van der Waals surface area contributed by atoms with E-state index in [9.17, 15) is 13.2 Å². The number of hydrogen-bond acceptors (Lipinski definition) is 4. The van der Waals surface area contributed by atoms with Gasteiger partial charge in [0.2, 0.25) is 9.84 Å². The molecule has 2 N–H and O–H groups in total. The van der Waals surface area contributed by atoms with Crippen LogP contribution in [0.15, 0.2) is 76.8 Å². The lowest BCUT2D eigenvalue weighted by molar-refractivity contribution is 0.251. The van der Waals surface area contributed by atoms with E-state index in [-0.39, 0.29) is 9.79 Å². The molecule has 1 heterocycles. The number of sulfone groups is 1. The number of amides is 2. The van der Waals surface area contributed by atoms with Gasteiger partial charge in [-0.15, -0.1) is 0 Å². The van der Waals surface area contributed by atoms with E-state index in [0.29, 0.717) is 17.3 Å². The van der Waals surface area contributed by atoms with Gasteiger partial charge in [-0.05, 0) is 60.5 Å². The molecule has 0 unspecified atom stereocenters. The average molecular weight is 416 g/mol. The summed E-state index contributed by atoms with van der Waals surface area (Å²) in [6, 6.07) is 13.8. The van der Waals surface area contributed by atoms with E-state index in [2.05, 4.69) is 15.6 Å². The van der Waals surface area contributed by atoms with Gasteiger partial charge in [-0.25, -0.2) is 13.2 Å². The molecule has 0 saturated heterocycles. The third-order valence-electron chi connectivity index (χ3n) is 4.05. The molecule has 0 atom stereocenters. The standard InChI is InChI=1S/C20H18ClN3O3S/c1-14-4-7-18(11-19(14)21)28(26,27)17-8-5-16(6-9-17)24-20(25)23-13-15-3-2-10-22-12-15/h2-12H,13H2,1H3,(H2,23,24,25). The number of anilines is 1. The van der Waals surface area contributed by atoms with E-state index in [4.69, 9.17) is 11.6 Å². The summed E-state index contributed by atoms with van der Waals surface area (Å²) in [5.74, 6) is 0. The van der Waals surface area contributed by atoms with Crippen molar-refractivity contribution in [2.75, 3.05) is 5.32 Å². The summed E-state index contributed by atoms with van der Waals surface area (Å²) in [7, 11) is -3.69. The van der Waals surface area contributed by atoms with E-state index >= 15 is 0 Å². The van der Waals surface area contributed by atoms with Crippen molar-refractivity contribution in [1.29, 1.82) is 0 Å². The summed E-state index contributed by atoms with van der Waals surface area (Å²) in [6.07, 6.45) is 3.32. The summed E-state index contributed by atoms with van der Waals surface area (Å²) in [5.41, 5.74) is 2.15. The van der Waals surface area contributed by atoms with E-state index in [1.807, 2.05) is 6.07 Å². The van der Waals surface area contributed by atoms with Crippen LogP contribution in [0.2, 0.25) is 5.02 Å². The fourth-order valence-corrected chi connectivity index (χ4v) is 3.99. The first kappa shape index (κ1) is 19.9. The average Bonchev–Trinajstić information content (AvgIpc) is 2.69. The minimum Gasteiger partial charge on any atom is -0.334 e. The van der Waals surface area contributed by atoms with Crippen molar-refractivity contribution in [1.82, 2.24) is 10.3 Å². The minimum absolute atomic E-state index is 0.119. The first-order valence-electron chi connectivity index (χ1n) is 8.41. The number of nitrogens with one attached hydrogen (secondary N) is 2. The number of carbonyl (C=O) groups excluding carboxylic acids is 1. The highest BCUT2D eigenvalue weighted by molar-refractivity contribution is 7.91. The second-order valence-electron chi connectivity index (χ2n) is 6.11. The van der Waals surface area contributed by atoms with Crippen molar-refractivity contribution in [2.24, 2.45) is 0 Å². The number of carbonyl (C=O) groups is 1. The molecule has 0 fully saturated rings. The molecule has 2 aromatic carbocycles. The number of pyridine rings is 1. The Bertz CT molecular complexity index is 1090. The number of urea groups is 1. The Morgan fingerprint density at radius 1 is 1.07 bits per heavy atom. The number of benzene rings is 2. The topological polar surface area (TPSA) is 88.2 Å². The van der Waals surface area contributed by atoms with Gasteiger partial charge in [0.1, 0.15) is 0 Å². The van der Waals surface area contributed by atoms with Crippen molar-refractivity contribution in [3.05, 3.63) is 83.1 Å². The van der Waals surface area contributed by atoms with Crippen LogP contribution in [0.3, 0.4) is 0 Å². The highest BCUT2D eigenvalue weighted by Crippen LogP contribution is 2.26. The van der Waals surface area contributed by atoms with Crippen LogP contribution in [0, 0.1) is 6.92 Å². The molecule has 3 rings (SSSR count). The quantitative estimate of drug-likeness (QED) is 0.653. The molecule has 3 aromatic rings. The van der Waals surface area contributed by atoms with Crippen LogP contribution >= 0.6 is 11.6 Å². The Morgan fingerprint density at radius 3 is 2.43 bits per heavy atom. The second kappa shape index (κ2) is 8.41. The van der Waals surface area contributed by atoms with Gasteiger partial charge in [-0.3, -0.25) is 4.98 Å². The molecule has 28 heavy (non-hydrogen) atoms. The van der Waals surface area contributed by atoms with Crippen molar-refractivity contribution in [3.63, 3.8) is 0 Å². The van der Waals surface area contributed by atoms with Gasteiger partial charge in [0.25, 0.3) is 0 Å². The number of aromatic nitrogens is 1. The summed E-state index contributed by atoms with van der Waals surface area (Å²) in [6.45, 7) is 2.14. The molecule has 0 saturated carbocycles. The lowest BCUT2D eigenvalue weighted by atomic mass is 10.2. The molecule has 0 spiro atoms. The van der Waals surface area contributed by atoms with Gasteiger partial charge < -0.3 is 10.6 Å². The molecular weight excluding hydrogens is 398 g/mol. The molecule has 0 aliphatic heterocycles. The highest BCUT2D eigenvalue weighted by Gasteiger charge is 2.18. The van der Waals surface area contributed by atoms with E-state index in [1.54, 1.807) is 31.5 Å². The van der Waals surface area contributed by atoms with Crippen LogP contribution in [0.1, 0.15) is 11.1 Å². The Morgan fingerprint density at radius 2 is 1.79 bits per heavy atom. The van der Waals surface area contributed by atoms with Crippen LogP contribution in [-0.2, 0) is 16.4 Å². The van der Waals surface area contributed by atoms with Gasteiger partial charge in [0.05, 0.1) is 9.79 Å². The molecule has 1 aromatic heterocycles. The molecular formula is C20H18ClN3O3S. The fourth-order valence-electron chi connectivity index (χ4n) is 2.45. The number of hydrogen-bond donors (Lipinski definition) is 2. The first-order chi connectivity index (χ1) is 13.4. The largest absolute Gasteiger partial charge is 0.334 e. The fraction of sp³-hybridized carbons (Fsp3) is 0.100. The summed E-state index contributed by atoms with van der Waals surface area (Å²) in [4.78, 5) is 16.2. The van der Waals surface area contributed by atoms with Crippen molar-refractivity contribution in [2.45, 2.75) is 23.3 Å². The molecule has 6 nitrogen and oxygen atoms in total. The van der Waals surface area contributed by atoms with Crippen LogP contribution in [0.4, 0.5) is 10.5 Å². The molecule has 0 aliphatic rings. The second-order valence-corrected chi connectivity index (χ2v) is 8.46. The molecule has 144 valence electrons. The summed E-state index contributed by atoms with van der Waals surface area (Å²) >= 11 is 6.04. The maximum Gasteiger partial charge on any atom is 0.319 e. The van der Waals surface area contributed by atoms with E-state index in [1.165, 1.54) is 36.4 Å². The zero-order valence-corrected chi connectivity index (χ0v) is 16.6. The molecule has 8 heteroatoms. The molecule has 0 aliphatic carbocycles. The zero-order valence-electron chi connectivity index (χ0n) is 15.0. The third kappa shape index (κ3) is 4.68. The Kier molecular flexibility index (Phi) is 5.96. The smallest absolute Gasteiger partial charge is 0.319 e. The Balaban J connectivity index is 1.67. The monoisotopic (exact) mass is 415 g/mol. The van der Waals surface area contributed by atoms with Crippen molar-refractivity contribution < 1.29 is 13.2 Å². The van der Waals surface area contributed by atoms with Crippen molar-refractivity contribution >= 4 is 33.2 Å². The van der Waals surface area contributed by atoms with Crippen molar-refractivity contribution in [3.8, 4) is 0 Å². The normalized spacial score (nSPS) is 11.1. The highest BCUT2D eigenvalue weighted by atomic mass is 35.5. The van der Waals surface area contributed by atoms with Gasteiger partial charge in [-0.2, -0.15) is 0 Å². The van der Waals surface area contributed by atoms with Crippen LogP contribution in [-0.4, -0.2) is 19.4 Å². The number of rotatable bonds is 5. The maximum atomic E-state index is 12.7. The first-order valence-corrected chi connectivity index (χ1v) is 10.3. The van der Waals surface area contributed by atoms with Gasteiger partial charge in [0, 0.05) is 29.6 Å². The molecule has 0 radical (unpaired) electrons. The van der Waals surface area contributed by atoms with E-state index in [0.717, 1.165) is 11.1 Å². The number of halogens is 1. The predicted octanol–water partition coefficient (Wildman–Crippen LogP) is 4.20. The SMILES string of the molecule is Cc1ccc(S(=O)(=O)c2ccc(NC(=O)NCc3cccnc3)cc2)cc1Cl. The Hall–Kier alpha value is -2.90. The predicted molar refractivity (Wildman–Crippen MR) is 108 cm³/mol. The lowest BCUT2D eigenvalue weighted by Crippen LogP contribution is -2.28. The van der Waals surface area contributed by atoms with E-state index < -0.39 is 15.9 Å².